The quantitative estimate of drug-likeness (QED) is 0.638. The summed E-state index contributed by atoms with van der Waals surface area (Å²) in [5, 5.41) is 2.76. The van der Waals surface area contributed by atoms with Gasteiger partial charge >= 0.3 is 0 Å². The first kappa shape index (κ1) is 15.9. The van der Waals surface area contributed by atoms with E-state index in [9.17, 15) is 9.59 Å². The van der Waals surface area contributed by atoms with Crippen LogP contribution in [0.25, 0.3) is 0 Å². The van der Waals surface area contributed by atoms with Gasteiger partial charge in [-0.25, -0.2) is 0 Å². The lowest BCUT2D eigenvalue weighted by molar-refractivity contribution is -0.134. The molecule has 0 fully saturated rings. The van der Waals surface area contributed by atoms with Crippen molar-refractivity contribution in [3.05, 3.63) is 0 Å². The molecule has 0 heterocycles. The predicted octanol–water partition coefficient (Wildman–Crippen LogP) is 0.644. The molecule has 0 aromatic rings. The number of amides is 2. The summed E-state index contributed by atoms with van der Waals surface area (Å²) in [5.41, 5.74) is 0. The van der Waals surface area contributed by atoms with Gasteiger partial charge in [0.25, 0.3) is 0 Å². The Morgan fingerprint density at radius 3 is 2.47 bits per heavy atom. The Kier molecular flexibility index (Phi) is 8.40. The molecule has 0 radical (unpaired) electrons. The van der Waals surface area contributed by atoms with Gasteiger partial charge in [0.15, 0.2) is 0 Å². The van der Waals surface area contributed by atoms with Gasteiger partial charge in [0.1, 0.15) is 0 Å². The van der Waals surface area contributed by atoms with E-state index in [0.29, 0.717) is 25.6 Å². The average molecular weight is 244 g/mol. The van der Waals surface area contributed by atoms with E-state index in [-0.39, 0.29) is 18.4 Å². The number of methoxy groups -OCH3 is 1. The number of rotatable bonds is 8. The molecule has 0 saturated heterocycles. The van der Waals surface area contributed by atoms with E-state index in [2.05, 4.69) is 5.32 Å². The maximum atomic E-state index is 11.6. The van der Waals surface area contributed by atoms with Crippen molar-refractivity contribution >= 4 is 11.8 Å². The molecule has 0 rings (SSSR count). The lowest BCUT2D eigenvalue weighted by Crippen LogP contribution is -2.41. The Labute approximate surface area is 103 Å². The van der Waals surface area contributed by atoms with Crippen molar-refractivity contribution in [2.75, 3.05) is 33.4 Å². The van der Waals surface area contributed by atoms with Gasteiger partial charge in [-0.3, -0.25) is 9.59 Å². The Hall–Kier alpha value is -1.10. The lowest BCUT2D eigenvalue weighted by atomic mass is 10.2. The fourth-order valence-corrected chi connectivity index (χ4v) is 1.42. The largest absolute Gasteiger partial charge is 0.385 e. The zero-order valence-corrected chi connectivity index (χ0v) is 11.3. The Balaban J connectivity index is 3.91. The van der Waals surface area contributed by atoms with Gasteiger partial charge in [0.2, 0.25) is 11.8 Å². The van der Waals surface area contributed by atoms with Gasteiger partial charge in [-0.1, -0.05) is 13.8 Å². The van der Waals surface area contributed by atoms with E-state index in [1.807, 2.05) is 13.8 Å². The van der Waals surface area contributed by atoms with Crippen LogP contribution in [-0.4, -0.2) is 50.1 Å². The van der Waals surface area contributed by atoms with E-state index < -0.39 is 0 Å². The van der Waals surface area contributed by atoms with Crippen molar-refractivity contribution in [3.63, 3.8) is 0 Å². The average Bonchev–Trinajstić information content (AvgIpc) is 2.22. The molecule has 0 aromatic carbocycles. The van der Waals surface area contributed by atoms with Gasteiger partial charge in [-0.05, 0) is 12.3 Å². The second kappa shape index (κ2) is 8.98. The van der Waals surface area contributed by atoms with Crippen molar-refractivity contribution in [2.24, 2.45) is 5.92 Å². The standard InChI is InChI=1S/C12H24N2O3/c1-10(2)8-14(11(3)15)9-12(16)13-6-5-7-17-4/h10H,5-9H2,1-4H3,(H,13,16). The zero-order chi connectivity index (χ0) is 13.3. The number of hydrogen-bond acceptors (Lipinski definition) is 3. The molecule has 0 aliphatic rings. The molecule has 0 bridgehead atoms. The summed E-state index contributed by atoms with van der Waals surface area (Å²) in [5.74, 6) is 0.183. The molecule has 17 heavy (non-hydrogen) atoms. The summed E-state index contributed by atoms with van der Waals surface area (Å²) in [6.07, 6.45) is 0.784. The monoisotopic (exact) mass is 244 g/mol. The zero-order valence-electron chi connectivity index (χ0n) is 11.3. The Morgan fingerprint density at radius 2 is 2.00 bits per heavy atom. The van der Waals surface area contributed by atoms with Crippen molar-refractivity contribution in [1.82, 2.24) is 10.2 Å². The van der Waals surface area contributed by atoms with Crippen LogP contribution in [0.2, 0.25) is 0 Å². The molecule has 5 nitrogen and oxygen atoms in total. The normalized spacial score (nSPS) is 10.4. The lowest BCUT2D eigenvalue weighted by Gasteiger charge is -2.22. The molecule has 0 unspecified atom stereocenters. The second-order valence-corrected chi connectivity index (χ2v) is 4.49. The minimum absolute atomic E-state index is 0.0641. The summed E-state index contributed by atoms with van der Waals surface area (Å²) in [6.45, 7) is 7.49. The van der Waals surface area contributed by atoms with Crippen LogP contribution >= 0.6 is 0 Å². The summed E-state index contributed by atoms with van der Waals surface area (Å²) in [6, 6.07) is 0. The molecule has 1 N–H and O–H groups in total. The van der Waals surface area contributed by atoms with Gasteiger partial charge in [-0.2, -0.15) is 0 Å². The van der Waals surface area contributed by atoms with Gasteiger partial charge in [-0.15, -0.1) is 0 Å². The highest BCUT2D eigenvalue weighted by molar-refractivity contribution is 5.83. The molecule has 100 valence electrons. The molecule has 2 amide bonds. The maximum absolute atomic E-state index is 11.6. The van der Waals surface area contributed by atoms with E-state index in [0.717, 1.165) is 6.42 Å². The van der Waals surface area contributed by atoms with Gasteiger partial charge in [0, 0.05) is 33.7 Å². The molecule has 0 aliphatic carbocycles. The number of nitrogens with one attached hydrogen (secondary N) is 1. The van der Waals surface area contributed by atoms with Crippen molar-refractivity contribution < 1.29 is 14.3 Å². The van der Waals surface area contributed by atoms with E-state index in [1.165, 1.54) is 6.92 Å². The van der Waals surface area contributed by atoms with Gasteiger partial charge < -0.3 is 15.0 Å². The molecule has 0 aromatic heterocycles. The molecular formula is C12H24N2O3. The van der Waals surface area contributed by atoms with Crippen molar-refractivity contribution in [3.8, 4) is 0 Å². The highest BCUT2D eigenvalue weighted by Gasteiger charge is 2.14. The summed E-state index contributed by atoms with van der Waals surface area (Å²) in [4.78, 5) is 24.4. The minimum Gasteiger partial charge on any atom is -0.385 e. The first-order valence-electron chi connectivity index (χ1n) is 5.98. The Morgan fingerprint density at radius 1 is 1.35 bits per heavy atom. The van der Waals surface area contributed by atoms with Crippen LogP contribution in [0.3, 0.4) is 0 Å². The highest BCUT2D eigenvalue weighted by atomic mass is 16.5. The molecule has 0 saturated carbocycles. The smallest absolute Gasteiger partial charge is 0.239 e. The van der Waals surface area contributed by atoms with Crippen LogP contribution in [0.15, 0.2) is 0 Å². The van der Waals surface area contributed by atoms with Crippen LogP contribution < -0.4 is 5.32 Å². The molecule has 0 spiro atoms. The van der Waals surface area contributed by atoms with Crippen LogP contribution in [0.4, 0.5) is 0 Å². The number of nitrogens with zero attached hydrogens (tertiary/aromatic N) is 1. The number of ether oxygens (including phenoxy) is 1. The number of carbonyl (C=O) groups is 2. The van der Waals surface area contributed by atoms with Crippen LogP contribution in [0.5, 0.6) is 0 Å². The molecule has 5 heteroatoms. The highest BCUT2D eigenvalue weighted by Crippen LogP contribution is 1.98. The third kappa shape index (κ3) is 8.68. The minimum atomic E-state index is -0.114. The topological polar surface area (TPSA) is 58.6 Å². The molecular weight excluding hydrogens is 220 g/mol. The third-order valence-electron chi connectivity index (χ3n) is 2.21. The Bertz CT molecular complexity index is 242. The second-order valence-electron chi connectivity index (χ2n) is 4.49. The van der Waals surface area contributed by atoms with E-state index >= 15 is 0 Å². The van der Waals surface area contributed by atoms with Crippen LogP contribution in [0, 0.1) is 5.92 Å². The molecule has 0 aliphatic heterocycles. The molecule has 0 atom stereocenters. The van der Waals surface area contributed by atoms with E-state index in [1.54, 1.807) is 12.0 Å². The fraction of sp³-hybridized carbons (Fsp3) is 0.833. The van der Waals surface area contributed by atoms with E-state index in [4.69, 9.17) is 4.74 Å². The van der Waals surface area contributed by atoms with Crippen molar-refractivity contribution in [1.29, 1.82) is 0 Å². The van der Waals surface area contributed by atoms with Crippen LogP contribution in [-0.2, 0) is 14.3 Å². The SMILES string of the molecule is COCCCNC(=O)CN(CC(C)C)C(C)=O. The van der Waals surface area contributed by atoms with Crippen molar-refractivity contribution in [2.45, 2.75) is 27.2 Å². The summed E-state index contributed by atoms with van der Waals surface area (Å²) in [7, 11) is 1.63. The summed E-state index contributed by atoms with van der Waals surface area (Å²) >= 11 is 0. The third-order valence-corrected chi connectivity index (χ3v) is 2.21. The van der Waals surface area contributed by atoms with Crippen LogP contribution in [0.1, 0.15) is 27.2 Å². The maximum Gasteiger partial charge on any atom is 0.239 e. The summed E-state index contributed by atoms with van der Waals surface area (Å²) < 4.78 is 4.88. The first-order chi connectivity index (χ1) is 7.97. The number of hydrogen-bond donors (Lipinski definition) is 1. The predicted molar refractivity (Wildman–Crippen MR) is 66.6 cm³/mol. The van der Waals surface area contributed by atoms with Gasteiger partial charge in [0.05, 0.1) is 6.54 Å². The number of carbonyl (C=O) groups excluding carboxylic acids is 2. The first-order valence-corrected chi connectivity index (χ1v) is 5.98. The fourth-order valence-electron chi connectivity index (χ4n) is 1.42.